The van der Waals surface area contributed by atoms with E-state index in [1.54, 1.807) is 6.07 Å². The van der Waals surface area contributed by atoms with Crippen molar-refractivity contribution >= 4 is 18.3 Å². The fourth-order valence-electron chi connectivity index (χ4n) is 2.37. The molecule has 2 N–H and O–H groups in total. The molecule has 18 heavy (non-hydrogen) atoms. The van der Waals surface area contributed by atoms with Crippen LogP contribution >= 0.6 is 12.4 Å². The molecular weight excluding hydrogens is 254 g/mol. The summed E-state index contributed by atoms with van der Waals surface area (Å²) >= 11 is 0. The smallest absolute Gasteiger partial charge is 0.292 e. The Bertz CT molecular complexity index is 392. The van der Waals surface area contributed by atoms with Crippen LogP contribution in [0.2, 0.25) is 0 Å². The second-order valence-corrected chi connectivity index (χ2v) is 4.56. The van der Waals surface area contributed by atoms with E-state index in [1.165, 1.54) is 6.42 Å². The lowest BCUT2D eigenvalue weighted by atomic mass is 9.99. The number of hydrogen-bond acceptors (Lipinski definition) is 4. The molecule has 1 aromatic heterocycles. The molecule has 1 aliphatic heterocycles. The van der Waals surface area contributed by atoms with E-state index in [2.05, 4.69) is 5.16 Å². The Balaban J connectivity index is 0.00000162. The molecule has 1 amide bonds. The van der Waals surface area contributed by atoms with E-state index in [0.29, 0.717) is 12.3 Å². The third kappa shape index (κ3) is 3.23. The number of aryl methyl sites for hydroxylation is 1. The Morgan fingerprint density at radius 3 is 3.00 bits per heavy atom. The highest BCUT2D eigenvalue weighted by Gasteiger charge is 2.28. The van der Waals surface area contributed by atoms with Crippen molar-refractivity contribution in [1.29, 1.82) is 0 Å². The maximum Gasteiger partial charge on any atom is 0.292 e. The van der Waals surface area contributed by atoms with Gasteiger partial charge in [0.05, 0.1) is 5.69 Å². The van der Waals surface area contributed by atoms with Gasteiger partial charge in [-0.2, -0.15) is 0 Å². The Hall–Kier alpha value is -1.07. The molecule has 0 radical (unpaired) electrons. The monoisotopic (exact) mass is 273 g/mol. The van der Waals surface area contributed by atoms with Gasteiger partial charge in [-0.3, -0.25) is 4.79 Å². The third-order valence-electron chi connectivity index (χ3n) is 3.23. The second kappa shape index (κ2) is 6.75. The number of carbonyl (C=O) groups excluding carboxylic acids is 1. The quantitative estimate of drug-likeness (QED) is 0.911. The van der Waals surface area contributed by atoms with Crippen molar-refractivity contribution in [2.45, 2.75) is 38.6 Å². The van der Waals surface area contributed by atoms with Crippen molar-refractivity contribution in [2.24, 2.45) is 5.73 Å². The van der Waals surface area contributed by atoms with Gasteiger partial charge in [-0.15, -0.1) is 12.4 Å². The van der Waals surface area contributed by atoms with Crippen LogP contribution in [0, 0.1) is 6.92 Å². The number of aromatic nitrogens is 1. The van der Waals surface area contributed by atoms with Crippen LogP contribution < -0.4 is 5.73 Å². The molecule has 6 heteroatoms. The number of piperidine rings is 1. The fraction of sp³-hybridized carbons (Fsp3) is 0.667. The molecule has 1 aromatic rings. The largest absolute Gasteiger partial charge is 0.351 e. The summed E-state index contributed by atoms with van der Waals surface area (Å²) in [5.41, 5.74) is 6.33. The third-order valence-corrected chi connectivity index (χ3v) is 3.23. The second-order valence-electron chi connectivity index (χ2n) is 4.56. The van der Waals surface area contributed by atoms with Gasteiger partial charge in [0.15, 0.2) is 0 Å². The highest BCUT2D eigenvalue weighted by atomic mass is 35.5. The topological polar surface area (TPSA) is 72.4 Å². The van der Waals surface area contributed by atoms with Gasteiger partial charge in [-0.05, 0) is 39.2 Å². The predicted molar refractivity (Wildman–Crippen MR) is 70.8 cm³/mol. The zero-order valence-electron chi connectivity index (χ0n) is 10.6. The summed E-state index contributed by atoms with van der Waals surface area (Å²) in [7, 11) is 0. The summed E-state index contributed by atoms with van der Waals surface area (Å²) in [6.07, 6.45) is 4.12. The van der Waals surface area contributed by atoms with Gasteiger partial charge in [0.25, 0.3) is 5.91 Å². The number of rotatable bonds is 3. The first-order chi connectivity index (χ1) is 8.22. The molecule has 2 rings (SSSR count). The zero-order valence-corrected chi connectivity index (χ0v) is 11.4. The van der Waals surface area contributed by atoms with Crippen LogP contribution in [0.5, 0.6) is 0 Å². The Morgan fingerprint density at radius 1 is 1.61 bits per heavy atom. The molecule has 102 valence electrons. The van der Waals surface area contributed by atoms with Gasteiger partial charge < -0.3 is 15.2 Å². The van der Waals surface area contributed by atoms with E-state index in [1.807, 2.05) is 11.8 Å². The molecule has 1 fully saturated rings. The maximum atomic E-state index is 12.2. The highest BCUT2D eigenvalue weighted by molar-refractivity contribution is 5.91. The van der Waals surface area contributed by atoms with Crippen LogP contribution in [0.25, 0.3) is 0 Å². The summed E-state index contributed by atoms with van der Waals surface area (Å²) in [6, 6.07) is 1.95. The number of nitrogens with two attached hydrogens (primary N) is 1. The molecule has 5 nitrogen and oxygen atoms in total. The van der Waals surface area contributed by atoms with Gasteiger partial charge in [0.1, 0.15) is 0 Å². The van der Waals surface area contributed by atoms with Crippen LogP contribution in [-0.4, -0.2) is 35.1 Å². The predicted octanol–water partition coefficient (Wildman–Crippen LogP) is 1.75. The molecule has 1 aliphatic rings. The summed E-state index contributed by atoms with van der Waals surface area (Å²) in [4.78, 5) is 14.1. The van der Waals surface area contributed by atoms with Crippen molar-refractivity contribution in [3.63, 3.8) is 0 Å². The molecule has 2 heterocycles. The summed E-state index contributed by atoms with van der Waals surface area (Å²) in [6.45, 7) is 3.22. The first-order valence-electron chi connectivity index (χ1n) is 6.16. The minimum absolute atomic E-state index is 0. The molecule has 0 bridgehead atoms. The van der Waals surface area contributed by atoms with Crippen LogP contribution in [0.15, 0.2) is 10.6 Å². The standard InChI is InChI=1S/C12H19N3O2.ClH/c1-9-8-11(17-14-9)12(16)15-7-3-2-4-10(15)5-6-13;/h8,10H,2-7,13H2,1H3;1H. The molecular formula is C12H20ClN3O2. The lowest BCUT2D eigenvalue weighted by Crippen LogP contribution is -2.44. The molecule has 0 saturated carbocycles. The van der Waals surface area contributed by atoms with Gasteiger partial charge in [0.2, 0.25) is 5.76 Å². The number of nitrogens with zero attached hydrogens (tertiary/aromatic N) is 2. The molecule has 1 saturated heterocycles. The SMILES string of the molecule is Cc1cc(C(=O)N2CCCCC2CCN)on1.Cl. The van der Waals surface area contributed by atoms with Crippen molar-refractivity contribution in [3.8, 4) is 0 Å². The van der Waals surface area contributed by atoms with Crippen LogP contribution in [0.1, 0.15) is 41.9 Å². The van der Waals surface area contributed by atoms with Gasteiger partial charge >= 0.3 is 0 Å². The fourth-order valence-corrected chi connectivity index (χ4v) is 2.37. The number of hydrogen-bond donors (Lipinski definition) is 1. The van der Waals surface area contributed by atoms with Crippen molar-refractivity contribution in [2.75, 3.05) is 13.1 Å². The van der Waals surface area contributed by atoms with Crippen molar-refractivity contribution < 1.29 is 9.32 Å². The molecule has 0 aliphatic carbocycles. The van der Waals surface area contributed by atoms with Gasteiger partial charge in [-0.1, -0.05) is 5.16 Å². The van der Waals surface area contributed by atoms with E-state index in [-0.39, 0.29) is 24.4 Å². The van der Waals surface area contributed by atoms with Crippen LogP contribution in [-0.2, 0) is 0 Å². The number of carbonyl (C=O) groups is 1. The average molecular weight is 274 g/mol. The van der Waals surface area contributed by atoms with E-state index >= 15 is 0 Å². The van der Waals surface area contributed by atoms with E-state index < -0.39 is 0 Å². The molecule has 1 unspecified atom stereocenters. The molecule has 0 aromatic carbocycles. The van der Waals surface area contributed by atoms with Crippen LogP contribution in [0.3, 0.4) is 0 Å². The Kier molecular flexibility index (Phi) is 5.62. The summed E-state index contributed by atoms with van der Waals surface area (Å²) in [5.74, 6) is 0.287. The van der Waals surface area contributed by atoms with Gasteiger partial charge in [0, 0.05) is 18.7 Å². The molecule has 1 atom stereocenters. The minimum atomic E-state index is -0.0521. The lowest BCUT2D eigenvalue weighted by Gasteiger charge is -2.34. The first-order valence-corrected chi connectivity index (χ1v) is 6.16. The number of halogens is 1. The molecule has 0 spiro atoms. The van der Waals surface area contributed by atoms with E-state index in [4.69, 9.17) is 10.3 Å². The average Bonchev–Trinajstić information content (AvgIpc) is 2.76. The minimum Gasteiger partial charge on any atom is -0.351 e. The highest BCUT2D eigenvalue weighted by Crippen LogP contribution is 2.21. The normalized spacial score (nSPS) is 19.4. The maximum absolute atomic E-state index is 12.2. The zero-order chi connectivity index (χ0) is 12.3. The van der Waals surface area contributed by atoms with Crippen LogP contribution in [0.4, 0.5) is 0 Å². The van der Waals surface area contributed by atoms with Crippen molar-refractivity contribution in [1.82, 2.24) is 10.1 Å². The van der Waals surface area contributed by atoms with Gasteiger partial charge in [-0.25, -0.2) is 0 Å². The number of likely N-dealkylation sites (tertiary alicyclic amines) is 1. The summed E-state index contributed by atoms with van der Waals surface area (Å²) in [5, 5.41) is 3.76. The lowest BCUT2D eigenvalue weighted by molar-refractivity contribution is 0.0563. The number of amides is 1. The Labute approximate surface area is 113 Å². The van der Waals surface area contributed by atoms with E-state index in [9.17, 15) is 4.79 Å². The first kappa shape index (κ1) is 15.0. The van der Waals surface area contributed by atoms with E-state index in [0.717, 1.165) is 31.5 Å². The summed E-state index contributed by atoms with van der Waals surface area (Å²) < 4.78 is 5.03. The Morgan fingerprint density at radius 2 is 2.39 bits per heavy atom. The van der Waals surface area contributed by atoms with Crippen molar-refractivity contribution in [3.05, 3.63) is 17.5 Å².